The Hall–Kier alpha value is -4.72. The largest absolute Gasteiger partial charge is 0.481 e. The van der Waals surface area contributed by atoms with Gasteiger partial charge in [-0.15, -0.1) is 0 Å². The molecule has 4 amide bonds. The number of carbonyl (C=O) groups excluding carboxylic acids is 4. The van der Waals surface area contributed by atoms with Gasteiger partial charge in [0.15, 0.2) is 0 Å². The van der Waals surface area contributed by atoms with Crippen LogP contribution >= 0.6 is 0 Å². The van der Waals surface area contributed by atoms with Crippen LogP contribution < -0.4 is 27.0 Å². The van der Waals surface area contributed by atoms with Gasteiger partial charge in [-0.25, -0.2) is 4.79 Å². The van der Waals surface area contributed by atoms with Crippen molar-refractivity contribution >= 4 is 42.8 Å². The maximum absolute atomic E-state index is 13.4. The lowest BCUT2D eigenvalue weighted by atomic mass is 9.68. The molecule has 0 radical (unpaired) electrons. The standard InChI is InChI=1S/C41H62BN5O8/c1-2-3-4-5-6-7-11-17-36(48)44-28-13-25-42-26-24-33(43)39(52)47-35(29-30-18-20-32(21-19-30)31-14-9-8-10-15-31)40(53)45-27-12-16-34(41(54)55)46-37(49)22-23-38(50)51/h8-10,14-15,18-21,33-35,42H,2-7,11-13,16-17,22-29,43H2,1H3,(H,44,48)(H,45,53)(H,46,49)(H,47,52)(H,50,51)(H,54,55)/t33-,34+,35+/m0/s1. The fourth-order valence-corrected chi connectivity index (χ4v) is 6.11. The SMILES string of the molecule is CCCCCCCCCC(=O)NCCCBCC[C@H](N)C(=O)N[C@H](Cc1ccc(-c2ccccc2)cc1)C(=O)NCCC[C@@H](NC(=O)CCC(=O)O)C(=O)O. The second kappa shape index (κ2) is 27.8. The molecule has 0 saturated carbocycles. The molecular weight excluding hydrogens is 701 g/mol. The lowest BCUT2D eigenvalue weighted by molar-refractivity contribution is -0.142. The molecule has 0 bridgehead atoms. The third-order valence-electron chi connectivity index (χ3n) is 9.41. The number of hydrogen-bond acceptors (Lipinski definition) is 7. The van der Waals surface area contributed by atoms with Crippen LogP contribution in [0.25, 0.3) is 11.1 Å². The first-order valence-corrected chi connectivity index (χ1v) is 20.0. The molecule has 8 N–H and O–H groups in total. The fourth-order valence-electron chi connectivity index (χ4n) is 6.11. The third kappa shape index (κ3) is 21.1. The van der Waals surface area contributed by atoms with Crippen molar-refractivity contribution in [1.82, 2.24) is 21.3 Å². The lowest BCUT2D eigenvalue weighted by Crippen LogP contribution is -2.52. The summed E-state index contributed by atoms with van der Waals surface area (Å²) in [5, 5.41) is 29.2. The van der Waals surface area contributed by atoms with Crippen LogP contribution in [-0.4, -0.2) is 84.3 Å². The van der Waals surface area contributed by atoms with Gasteiger partial charge >= 0.3 is 11.9 Å². The molecule has 0 aromatic heterocycles. The van der Waals surface area contributed by atoms with Gasteiger partial charge in [-0.2, -0.15) is 0 Å². The molecular formula is C41H62BN5O8. The predicted octanol–water partition coefficient (Wildman–Crippen LogP) is 4.35. The summed E-state index contributed by atoms with van der Waals surface area (Å²) in [7, 11) is 0.851. The summed E-state index contributed by atoms with van der Waals surface area (Å²) in [6.45, 7) is 2.91. The van der Waals surface area contributed by atoms with Crippen LogP contribution in [0.5, 0.6) is 0 Å². The first-order valence-electron chi connectivity index (χ1n) is 20.0. The summed E-state index contributed by atoms with van der Waals surface area (Å²) in [5.41, 5.74) is 9.12. The quantitative estimate of drug-likeness (QED) is 0.0444. The fraction of sp³-hybridized carbons (Fsp3) is 0.561. The average Bonchev–Trinajstić information content (AvgIpc) is 3.17. The summed E-state index contributed by atoms with van der Waals surface area (Å²) in [6.07, 6.45) is 11.3. The first kappa shape index (κ1) is 46.4. The zero-order chi connectivity index (χ0) is 40.3. The number of carbonyl (C=O) groups is 6. The van der Waals surface area contributed by atoms with Crippen molar-refractivity contribution in [3.05, 3.63) is 60.2 Å². The van der Waals surface area contributed by atoms with Crippen LogP contribution in [0.2, 0.25) is 12.6 Å². The molecule has 0 aliphatic rings. The van der Waals surface area contributed by atoms with Crippen LogP contribution in [0.3, 0.4) is 0 Å². The molecule has 13 nitrogen and oxygen atoms in total. The average molecular weight is 764 g/mol. The number of nitrogens with two attached hydrogens (primary N) is 1. The number of unbranched alkanes of at least 4 members (excludes halogenated alkanes) is 6. The monoisotopic (exact) mass is 763 g/mol. The van der Waals surface area contributed by atoms with E-state index >= 15 is 0 Å². The van der Waals surface area contributed by atoms with Crippen molar-refractivity contribution in [3.8, 4) is 11.1 Å². The molecule has 2 aromatic rings. The highest BCUT2D eigenvalue weighted by Gasteiger charge is 2.25. The highest BCUT2D eigenvalue weighted by molar-refractivity contribution is 6.35. The molecule has 0 aliphatic carbocycles. The van der Waals surface area contributed by atoms with Gasteiger partial charge in [0.05, 0.1) is 12.5 Å². The Labute approximate surface area is 326 Å². The van der Waals surface area contributed by atoms with Crippen LogP contribution in [-0.2, 0) is 35.2 Å². The maximum atomic E-state index is 13.4. The number of hydrogen-bond donors (Lipinski definition) is 7. The van der Waals surface area contributed by atoms with Crippen LogP contribution in [0.1, 0.15) is 102 Å². The minimum absolute atomic E-state index is 0.00287. The number of carboxylic acid groups (broad SMARTS) is 2. The van der Waals surface area contributed by atoms with E-state index in [1.54, 1.807) is 0 Å². The number of aliphatic carboxylic acids is 2. The zero-order valence-corrected chi connectivity index (χ0v) is 32.5. The minimum Gasteiger partial charge on any atom is -0.481 e. The second-order valence-corrected chi connectivity index (χ2v) is 14.1. The van der Waals surface area contributed by atoms with E-state index in [0.29, 0.717) is 19.4 Å². The van der Waals surface area contributed by atoms with E-state index in [1.165, 1.54) is 32.1 Å². The van der Waals surface area contributed by atoms with Gasteiger partial charge in [0.25, 0.3) is 0 Å². The van der Waals surface area contributed by atoms with Gasteiger partial charge in [0.2, 0.25) is 23.6 Å². The predicted molar refractivity (Wildman–Crippen MR) is 216 cm³/mol. The Bertz CT molecular complexity index is 1460. The molecule has 0 unspecified atom stereocenters. The summed E-state index contributed by atoms with van der Waals surface area (Å²) in [4.78, 5) is 73.0. The zero-order valence-electron chi connectivity index (χ0n) is 32.5. The second-order valence-electron chi connectivity index (χ2n) is 14.1. The van der Waals surface area contributed by atoms with Crippen molar-refractivity contribution in [2.24, 2.45) is 5.73 Å². The van der Waals surface area contributed by atoms with Gasteiger partial charge < -0.3 is 37.2 Å². The number of nitrogens with one attached hydrogen (secondary N) is 4. The smallest absolute Gasteiger partial charge is 0.326 e. The van der Waals surface area contributed by atoms with E-state index in [9.17, 15) is 33.9 Å². The number of benzene rings is 2. The molecule has 0 saturated heterocycles. The highest BCUT2D eigenvalue weighted by atomic mass is 16.4. The summed E-state index contributed by atoms with van der Waals surface area (Å²) in [6, 6.07) is 14.5. The summed E-state index contributed by atoms with van der Waals surface area (Å²) >= 11 is 0. The first-order chi connectivity index (χ1) is 26.5. The molecule has 0 aliphatic heterocycles. The van der Waals surface area contributed by atoms with E-state index in [1.807, 2.05) is 54.6 Å². The Morgan fingerprint density at radius 2 is 1.29 bits per heavy atom. The lowest BCUT2D eigenvalue weighted by Gasteiger charge is -2.21. The number of carboxylic acids is 2. The van der Waals surface area contributed by atoms with Crippen LogP contribution in [0.4, 0.5) is 0 Å². The Kier molecular flexibility index (Phi) is 23.5. The Morgan fingerprint density at radius 1 is 0.636 bits per heavy atom. The van der Waals surface area contributed by atoms with Gasteiger partial charge in [-0.05, 0) is 48.8 Å². The van der Waals surface area contributed by atoms with Crippen molar-refractivity contribution < 1.29 is 39.0 Å². The van der Waals surface area contributed by atoms with Crippen molar-refractivity contribution in [1.29, 1.82) is 0 Å². The van der Waals surface area contributed by atoms with Gasteiger partial charge in [0.1, 0.15) is 19.4 Å². The Balaban J connectivity index is 1.84. The van der Waals surface area contributed by atoms with Crippen LogP contribution in [0.15, 0.2) is 54.6 Å². The van der Waals surface area contributed by atoms with Gasteiger partial charge in [-0.3, -0.25) is 24.0 Å². The molecule has 3 atom stereocenters. The maximum Gasteiger partial charge on any atom is 0.326 e. The Morgan fingerprint density at radius 3 is 1.96 bits per heavy atom. The molecule has 0 fully saturated rings. The van der Waals surface area contributed by atoms with Crippen molar-refractivity contribution in [2.45, 2.75) is 134 Å². The molecule has 55 heavy (non-hydrogen) atoms. The highest BCUT2D eigenvalue weighted by Crippen LogP contribution is 2.20. The third-order valence-corrected chi connectivity index (χ3v) is 9.41. The van der Waals surface area contributed by atoms with E-state index in [4.69, 9.17) is 10.8 Å². The number of amides is 4. The molecule has 302 valence electrons. The number of rotatable bonds is 30. The van der Waals surface area contributed by atoms with E-state index in [0.717, 1.165) is 55.9 Å². The molecule has 2 rings (SSSR count). The molecule has 2 aromatic carbocycles. The van der Waals surface area contributed by atoms with Crippen molar-refractivity contribution in [2.75, 3.05) is 13.1 Å². The summed E-state index contributed by atoms with van der Waals surface area (Å²) in [5.74, 6) is -3.93. The molecule has 0 spiro atoms. The normalized spacial score (nSPS) is 12.5. The van der Waals surface area contributed by atoms with Gasteiger partial charge in [-0.1, -0.05) is 113 Å². The van der Waals surface area contributed by atoms with E-state index in [-0.39, 0.29) is 38.1 Å². The summed E-state index contributed by atoms with van der Waals surface area (Å²) < 4.78 is 0. The van der Waals surface area contributed by atoms with E-state index in [2.05, 4.69) is 28.2 Å². The van der Waals surface area contributed by atoms with E-state index < -0.39 is 54.2 Å². The van der Waals surface area contributed by atoms with Crippen molar-refractivity contribution in [3.63, 3.8) is 0 Å². The topological polar surface area (TPSA) is 217 Å². The van der Waals surface area contributed by atoms with Crippen LogP contribution in [0, 0.1) is 0 Å². The minimum atomic E-state index is -1.27. The molecule has 14 heteroatoms. The van der Waals surface area contributed by atoms with Gasteiger partial charge in [0, 0.05) is 32.4 Å². The molecule has 0 heterocycles.